The third kappa shape index (κ3) is 2.68. The van der Waals surface area contributed by atoms with Gasteiger partial charge in [-0.1, -0.05) is 37.3 Å². The van der Waals surface area contributed by atoms with E-state index in [4.69, 9.17) is 10.4 Å². The quantitative estimate of drug-likeness (QED) is 0.578. The number of anilines is 1. The molecule has 0 atom stereocenters. The molecule has 3 N–H and O–H groups in total. The highest BCUT2D eigenvalue weighted by molar-refractivity contribution is 5.16. The van der Waals surface area contributed by atoms with Crippen molar-refractivity contribution >= 4 is 6.01 Å². The number of aromatic nitrogens is 2. The Kier molecular flexibility index (Phi) is 3.55. The van der Waals surface area contributed by atoms with Gasteiger partial charge in [-0.05, 0) is 12.8 Å². The Morgan fingerprint density at radius 2 is 1.80 bits per heavy atom. The molecule has 0 amide bonds. The van der Waals surface area contributed by atoms with Gasteiger partial charge in [-0.15, -0.1) is 0 Å². The number of rotatable bonds is 2. The Balaban J connectivity index is 2.00. The Morgan fingerprint density at radius 1 is 1.13 bits per heavy atom. The van der Waals surface area contributed by atoms with Gasteiger partial charge in [0.2, 0.25) is 0 Å². The van der Waals surface area contributed by atoms with Crippen molar-refractivity contribution in [1.29, 1.82) is 0 Å². The number of nitrogens with one attached hydrogen (secondary N) is 1. The van der Waals surface area contributed by atoms with Gasteiger partial charge in [-0.3, -0.25) is 5.43 Å². The first-order valence-corrected chi connectivity index (χ1v) is 5.70. The van der Waals surface area contributed by atoms with E-state index in [1.54, 1.807) is 0 Å². The van der Waals surface area contributed by atoms with Gasteiger partial charge in [-0.2, -0.15) is 4.98 Å². The lowest BCUT2D eigenvalue weighted by molar-refractivity contribution is 0.393. The van der Waals surface area contributed by atoms with E-state index in [2.05, 4.69) is 15.6 Å². The minimum Gasteiger partial charge on any atom is -0.314 e. The highest BCUT2D eigenvalue weighted by Gasteiger charge is 2.18. The van der Waals surface area contributed by atoms with Gasteiger partial charge in [-0.25, -0.2) is 5.84 Å². The molecule has 5 heteroatoms. The summed E-state index contributed by atoms with van der Waals surface area (Å²) >= 11 is 0. The smallest absolute Gasteiger partial charge is 0.314 e. The van der Waals surface area contributed by atoms with Crippen LogP contribution in [0.3, 0.4) is 0 Å². The molecule has 1 aliphatic rings. The zero-order valence-electron chi connectivity index (χ0n) is 8.91. The molecule has 1 heterocycles. The molecule has 5 nitrogen and oxygen atoms in total. The van der Waals surface area contributed by atoms with Crippen molar-refractivity contribution in [2.24, 2.45) is 5.84 Å². The second-order valence-corrected chi connectivity index (χ2v) is 4.14. The Labute approximate surface area is 89.4 Å². The van der Waals surface area contributed by atoms with Crippen LogP contribution in [0.5, 0.6) is 0 Å². The molecular weight excluding hydrogens is 192 g/mol. The van der Waals surface area contributed by atoms with Crippen LogP contribution in [0.4, 0.5) is 6.01 Å². The van der Waals surface area contributed by atoms with Crippen LogP contribution < -0.4 is 11.3 Å². The number of nitrogen functional groups attached to an aromatic ring is 1. The second kappa shape index (κ2) is 5.11. The van der Waals surface area contributed by atoms with E-state index in [9.17, 15) is 0 Å². The predicted molar refractivity (Wildman–Crippen MR) is 57.2 cm³/mol. The average molecular weight is 210 g/mol. The fraction of sp³-hybridized carbons (Fsp3) is 0.800. The van der Waals surface area contributed by atoms with Gasteiger partial charge in [0.25, 0.3) is 0 Å². The standard InChI is InChI=1S/C10H18N4O/c11-13-10-12-9(14-15-10)8-6-4-2-1-3-5-7-8/h8H,1-7,11H2,(H,12,13,14). The number of hydrogen-bond donors (Lipinski definition) is 2. The summed E-state index contributed by atoms with van der Waals surface area (Å²) in [7, 11) is 0. The molecule has 0 spiro atoms. The zero-order chi connectivity index (χ0) is 10.5. The molecule has 2 rings (SSSR count). The highest BCUT2D eigenvalue weighted by Crippen LogP contribution is 2.29. The summed E-state index contributed by atoms with van der Waals surface area (Å²) in [4.78, 5) is 4.21. The molecule has 0 saturated heterocycles. The number of hydrazine groups is 1. The summed E-state index contributed by atoms with van der Waals surface area (Å²) in [6, 6.07) is 0.312. The molecule has 1 aliphatic carbocycles. The molecule has 0 bridgehead atoms. The Bertz CT molecular complexity index is 291. The molecule has 0 unspecified atom stereocenters. The molecule has 84 valence electrons. The molecule has 0 radical (unpaired) electrons. The Morgan fingerprint density at radius 3 is 2.40 bits per heavy atom. The van der Waals surface area contributed by atoms with Crippen molar-refractivity contribution in [2.45, 2.75) is 50.9 Å². The van der Waals surface area contributed by atoms with Gasteiger partial charge in [0.05, 0.1) is 0 Å². The third-order valence-electron chi connectivity index (χ3n) is 3.04. The summed E-state index contributed by atoms with van der Waals surface area (Å²) in [6.07, 6.45) is 8.91. The zero-order valence-corrected chi connectivity index (χ0v) is 8.91. The van der Waals surface area contributed by atoms with Gasteiger partial charge < -0.3 is 4.52 Å². The van der Waals surface area contributed by atoms with Gasteiger partial charge in [0.1, 0.15) is 0 Å². The molecular formula is C10H18N4O. The summed E-state index contributed by atoms with van der Waals surface area (Å²) < 4.78 is 4.94. The second-order valence-electron chi connectivity index (χ2n) is 4.14. The molecule has 0 aromatic carbocycles. The van der Waals surface area contributed by atoms with Crippen molar-refractivity contribution in [3.63, 3.8) is 0 Å². The van der Waals surface area contributed by atoms with E-state index < -0.39 is 0 Å². The summed E-state index contributed by atoms with van der Waals surface area (Å²) in [5.74, 6) is 6.47. The maximum absolute atomic E-state index is 5.20. The molecule has 1 fully saturated rings. The molecule has 1 aromatic rings. The molecule has 1 aromatic heterocycles. The Hall–Kier alpha value is -1.10. The van der Waals surface area contributed by atoms with Crippen LogP contribution >= 0.6 is 0 Å². The van der Waals surface area contributed by atoms with Gasteiger partial charge in [0, 0.05) is 5.92 Å². The fourth-order valence-corrected chi connectivity index (χ4v) is 2.17. The highest BCUT2D eigenvalue weighted by atomic mass is 16.5. The maximum atomic E-state index is 5.20. The fourth-order valence-electron chi connectivity index (χ4n) is 2.17. The van der Waals surface area contributed by atoms with Crippen molar-refractivity contribution < 1.29 is 4.52 Å². The largest absolute Gasteiger partial charge is 0.335 e. The molecule has 1 saturated carbocycles. The van der Waals surface area contributed by atoms with E-state index in [0.717, 1.165) is 5.82 Å². The summed E-state index contributed by atoms with van der Waals surface area (Å²) in [5.41, 5.74) is 2.37. The first-order valence-electron chi connectivity index (χ1n) is 5.70. The normalized spacial score (nSPS) is 19.5. The lowest BCUT2D eigenvalue weighted by Gasteiger charge is -2.15. The molecule has 15 heavy (non-hydrogen) atoms. The van der Waals surface area contributed by atoms with Crippen LogP contribution in [0.1, 0.15) is 56.7 Å². The van der Waals surface area contributed by atoms with Crippen molar-refractivity contribution in [2.75, 3.05) is 5.43 Å². The van der Waals surface area contributed by atoms with Crippen LogP contribution in [-0.4, -0.2) is 10.1 Å². The first-order chi connectivity index (χ1) is 7.40. The van der Waals surface area contributed by atoms with Gasteiger partial charge in [0.15, 0.2) is 5.82 Å². The van der Waals surface area contributed by atoms with E-state index in [1.807, 2.05) is 0 Å². The van der Waals surface area contributed by atoms with Crippen LogP contribution in [0.15, 0.2) is 4.52 Å². The van der Waals surface area contributed by atoms with E-state index >= 15 is 0 Å². The minimum absolute atomic E-state index is 0.312. The van der Waals surface area contributed by atoms with E-state index in [0.29, 0.717) is 11.9 Å². The monoisotopic (exact) mass is 210 g/mol. The van der Waals surface area contributed by atoms with Crippen LogP contribution in [0.25, 0.3) is 0 Å². The topological polar surface area (TPSA) is 77.0 Å². The van der Waals surface area contributed by atoms with E-state index in [-0.39, 0.29) is 0 Å². The minimum atomic E-state index is 0.312. The SMILES string of the molecule is NNc1nc(C2CCCCCCC2)no1. The number of nitrogens with two attached hydrogens (primary N) is 1. The van der Waals surface area contributed by atoms with Crippen LogP contribution in [0, 0.1) is 0 Å². The lowest BCUT2D eigenvalue weighted by atomic mass is 9.91. The number of hydrogen-bond acceptors (Lipinski definition) is 5. The average Bonchev–Trinajstić information content (AvgIpc) is 2.65. The predicted octanol–water partition coefficient (Wildman–Crippen LogP) is 2.18. The molecule has 0 aliphatic heterocycles. The number of nitrogens with zero attached hydrogens (tertiary/aromatic N) is 2. The summed E-state index contributed by atoms with van der Waals surface area (Å²) in [5, 5.41) is 3.95. The van der Waals surface area contributed by atoms with Crippen LogP contribution in [-0.2, 0) is 0 Å². The van der Waals surface area contributed by atoms with E-state index in [1.165, 1.54) is 44.9 Å². The van der Waals surface area contributed by atoms with Crippen LogP contribution in [0.2, 0.25) is 0 Å². The van der Waals surface area contributed by atoms with Crippen molar-refractivity contribution in [3.8, 4) is 0 Å². The van der Waals surface area contributed by atoms with Crippen molar-refractivity contribution in [3.05, 3.63) is 5.82 Å². The first kappa shape index (κ1) is 10.4. The lowest BCUT2D eigenvalue weighted by Crippen LogP contribution is -2.08. The maximum Gasteiger partial charge on any atom is 0.335 e. The van der Waals surface area contributed by atoms with Gasteiger partial charge >= 0.3 is 6.01 Å². The third-order valence-corrected chi connectivity index (χ3v) is 3.04. The summed E-state index contributed by atoms with van der Waals surface area (Å²) in [6.45, 7) is 0. The van der Waals surface area contributed by atoms with Crippen molar-refractivity contribution in [1.82, 2.24) is 10.1 Å².